The SMILES string of the molecule is C[C@@H](O)[C@H]1C(=O)N2C(C(=O)O)=C(SC3CN(C[C@H]4CC[C@H](NCCN)CC4)C3)[C@H](C)[C@H]12. The van der Waals surface area contributed by atoms with Crippen molar-refractivity contribution in [3.63, 3.8) is 0 Å². The van der Waals surface area contributed by atoms with Gasteiger partial charge in [0.1, 0.15) is 5.70 Å². The Balaban J connectivity index is 1.27. The number of hydrogen-bond donors (Lipinski definition) is 4. The van der Waals surface area contributed by atoms with E-state index in [0.717, 1.165) is 37.0 Å². The Hall–Kier alpha value is -1.13. The lowest BCUT2D eigenvalue weighted by molar-refractivity contribution is -0.163. The lowest BCUT2D eigenvalue weighted by atomic mass is 9.79. The number of aliphatic hydroxyl groups excluding tert-OH is 1. The van der Waals surface area contributed by atoms with Gasteiger partial charge in [0, 0.05) is 54.8 Å². The van der Waals surface area contributed by atoms with Crippen molar-refractivity contribution in [3.8, 4) is 0 Å². The first-order chi connectivity index (χ1) is 14.8. The van der Waals surface area contributed by atoms with E-state index in [2.05, 4.69) is 10.2 Å². The number of carboxylic acid groups (broad SMARTS) is 1. The first kappa shape index (κ1) is 23.0. The summed E-state index contributed by atoms with van der Waals surface area (Å²) in [4.78, 5) is 29.1. The number of carbonyl (C=O) groups excluding carboxylic acids is 1. The van der Waals surface area contributed by atoms with E-state index in [9.17, 15) is 19.8 Å². The van der Waals surface area contributed by atoms with Gasteiger partial charge in [0.25, 0.3) is 0 Å². The fourth-order valence-electron chi connectivity index (χ4n) is 5.81. The van der Waals surface area contributed by atoms with Gasteiger partial charge in [-0.05, 0) is 38.5 Å². The van der Waals surface area contributed by atoms with E-state index in [1.54, 1.807) is 18.7 Å². The Morgan fingerprint density at radius 1 is 1.29 bits per heavy atom. The van der Waals surface area contributed by atoms with Gasteiger partial charge >= 0.3 is 5.97 Å². The number of carbonyl (C=O) groups is 2. The number of nitrogens with two attached hydrogens (primary N) is 1. The Kier molecular flexibility index (Phi) is 6.98. The van der Waals surface area contributed by atoms with Crippen molar-refractivity contribution in [3.05, 3.63) is 10.6 Å². The van der Waals surface area contributed by atoms with Crippen LogP contribution in [0.25, 0.3) is 0 Å². The minimum atomic E-state index is -1.04. The second-order valence-electron chi connectivity index (χ2n) is 9.69. The molecule has 0 aromatic heterocycles. The Morgan fingerprint density at radius 2 is 1.97 bits per heavy atom. The summed E-state index contributed by atoms with van der Waals surface area (Å²) < 4.78 is 0. The van der Waals surface area contributed by atoms with Crippen LogP contribution in [0.15, 0.2) is 10.6 Å². The highest BCUT2D eigenvalue weighted by molar-refractivity contribution is 8.03. The van der Waals surface area contributed by atoms with Crippen LogP contribution >= 0.6 is 11.8 Å². The lowest BCUT2D eigenvalue weighted by Crippen LogP contribution is -2.63. The summed E-state index contributed by atoms with van der Waals surface area (Å²) in [6.45, 7) is 8.26. The predicted molar refractivity (Wildman–Crippen MR) is 120 cm³/mol. The minimum Gasteiger partial charge on any atom is -0.477 e. The molecule has 31 heavy (non-hydrogen) atoms. The number of carboxylic acids is 1. The maximum atomic E-state index is 12.5. The van der Waals surface area contributed by atoms with Crippen molar-refractivity contribution in [2.24, 2.45) is 23.5 Å². The van der Waals surface area contributed by atoms with E-state index >= 15 is 0 Å². The van der Waals surface area contributed by atoms with Gasteiger partial charge in [-0.25, -0.2) is 4.79 Å². The van der Waals surface area contributed by atoms with Crippen molar-refractivity contribution in [1.82, 2.24) is 15.1 Å². The van der Waals surface area contributed by atoms with E-state index in [4.69, 9.17) is 5.73 Å². The molecule has 3 fully saturated rings. The number of aliphatic carboxylic acids is 1. The average Bonchev–Trinajstić information content (AvgIpc) is 2.94. The topological polar surface area (TPSA) is 119 Å². The molecule has 0 unspecified atom stereocenters. The number of hydrogen-bond acceptors (Lipinski definition) is 7. The zero-order valence-corrected chi connectivity index (χ0v) is 19.3. The second kappa shape index (κ2) is 9.39. The number of likely N-dealkylation sites (tertiary alicyclic amines) is 1. The molecule has 1 amide bonds. The van der Waals surface area contributed by atoms with Crippen LogP contribution in [0.4, 0.5) is 0 Å². The normalized spacial score (nSPS) is 35.0. The fraction of sp³-hybridized carbons (Fsp3) is 0.818. The van der Waals surface area contributed by atoms with Crippen molar-refractivity contribution in [2.45, 2.75) is 63.0 Å². The number of β-lactam (4-membered cyclic amide) rings is 1. The molecular weight excluding hydrogens is 416 g/mol. The molecule has 8 nitrogen and oxygen atoms in total. The van der Waals surface area contributed by atoms with Gasteiger partial charge in [0.15, 0.2) is 0 Å². The smallest absolute Gasteiger partial charge is 0.353 e. The zero-order valence-electron chi connectivity index (χ0n) is 18.5. The number of aliphatic hydroxyl groups is 1. The molecule has 0 aromatic carbocycles. The molecule has 0 spiro atoms. The molecule has 1 aliphatic carbocycles. The molecule has 0 bridgehead atoms. The van der Waals surface area contributed by atoms with Gasteiger partial charge in [-0.1, -0.05) is 6.92 Å². The molecule has 4 atom stereocenters. The van der Waals surface area contributed by atoms with Crippen LogP contribution in [0.3, 0.4) is 0 Å². The predicted octanol–water partition coefficient (Wildman–Crippen LogP) is 0.665. The largest absolute Gasteiger partial charge is 0.477 e. The molecule has 9 heteroatoms. The highest BCUT2D eigenvalue weighted by Crippen LogP contribution is 2.52. The van der Waals surface area contributed by atoms with Crippen molar-refractivity contribution < 1.29 is 19.8 Å². The van der Waals surface area contributed by atoms with Crippen LogP contribution in [-0.2, 0) is 9.59 Å². The number of amides is 1. The first-order valence-corrected chi connectivity index (χ1v) is 12.5. The summed E-state index contributed by atoms with van der Waals surface area (Å²) in [7, 11) is 0. The average molecular weight is 453 g/mol. The molecule has 174 valence electrons. The molecule has 3 aliphatic heterocycles. The van der Waals surface area contributed by atoms with Crippen molar-refractivity contribution in [2.75, 3.05) is 32.7 Å². The summed E-state index contributed by atoms with van der Waals surface area (Å²) in [5.74, 6) is -1.09. The van der Waals surface area contributed by atoms with E-state index in [1.165, 1.54) is 30.6 Å². The van der Waals surface area contributed by atoms with E-state index < -0.39 is 18.0 Å². The zero-order chi connectivity index (χ0) is 22.3. The van der Waals surface area contributed by atoms with Gasteiger partial charge in [-0.15, -0.1) is 11.8 Å². The number of rotatable bonds is 9. The third kappa shape index (κ3) is 4.39. The molecule has 5 N–H and O–H groups in total. The highest BCUT2D eigenvalue weighted by Gasteiger charge is 2.60. The van der Waals surface area contributed by atoms with Crippen molar-refractivity contribution >= 4 is 23.6 Å². The van der Waals surface area contributed by atoms with E-state index in [1.807, 2.05) is 6.92 Å². The Bertz CT molecular complexity index is 731. The summed E-state index contributed by atoms with van der Waals surface area (Å²) >= 11 is 1.64. The number of nitrogens with one attached hydrogen (secondary N) is 1. The Morgan fingerprint density at radius 3 is 2.55 bits per heavy atom. The number of fused-ring (bicyclic) bond motifs is 1. The molecule has 3 heterocycles. The van der Waals surface area contributed by atoms with Crippen LogP contribution in [0, 0.1) is 17.8 Å². The maximum absolute atomic E-state index is 12.5. The summed E-state index contributed by atoms with van der Waals surface area (Å²) in [5, 5.41) is 23.6. The summed E-state index contributed by atoms with van der Waals surface area (Å²) in [5.41, 5.74) is 5.72. The standard InChI is InChI=1S/C22H36N4O4S/c1-12-18-17(13(2)27)21(28)26(18)19(22(29)30)20(12)31-16-10-25(11-16)9-14-3-5-15(6-4-14)24-8-7-23/h12-18,24,27H,3-11,23H2,1-2H3,(H,29,30)/t12-,13-,14-,15-,17-,18-/m1/s1. The van der Waals surface area contributed by atoms with Crippen LogP contribution in [0.5, 0.6) is 0 Å². The summed E-state index contributed by atoms with van der Waals surface area (Å²) in [6.07, 6.45) is 4.19. The number of thioether (sulfide) groups is 1. The van der Waals surface area contributed by atoms with Crippen LogP contribution in [-0.4, -0.2) is 88.1 Å². The van der Waals surface area contributed by atoms with Gasteiger partial charge in [-0.2, -0.15) is 0 Å². The van der Waals surface area contributed by atoms with E-state index in [-0.39, 0.29) is 23.6 Å². The minimum absolute atomic E-state index is 0.0428. The fourth-order valence-corrected chi connectivity index (χ4v) is 7.39. The monoisotopic (exact) mass is 452 g/mol. The van der Waals surface area contributed by atoms with Crippen LogP contribution in [0.1, 0.15) is 39.5 Å². The van der Waals surface area contributed by atoms with E-state index in [0.29, 0.717) is 17.8 Å². The molecular formula is C22H36N4O4S. The highest BCUT2D eigenvalue weighted by atomic mass is 32.2. The molecule has 4 aliphatic rings. The molecule has 4 rings (SSSR count). The maximum Gasteiger partial charge on any atom is 0.353 e. The molecule has 2 saturated heterocycles. The third-order valence-electron chi connectivity index (χ3n) is 7.47. The third-order valence-corrected chi connectivity index (χ3v) is 8.92. The Labute approximate surface area is 188 Å². The van der Waals surface area contributed by atoms with Gasteiger partial charge in [-0.3, -0.25) is 4.79 Å². The number of nitrogens with zero attached hydrogens (tertiary/aromatic N) is 2. The quantitative estimate of drug-likeness (QED) is 0.377. The van der Waals surface area contributed by atoms with Crippen LogP contribution in [0.2, 0.25) is 0 Å². The van der Waals surface area contributed by atoms with Crippen molar-refractivity contribution in [1.29, 1.82) is 0 Å². The second-order valence-corrected chi connectivity index (χ2v) is 11.0. The van der Waals surface area contributed by atoms with Crippen LogP contribution < -0.4 is 11.1 Å². The molecule has 0 radical (unpaired) electrons. The lowest BCUT2D eigenvalue weighted by Gasteiger charge is -2.46. The molecule has 0 aromatic rings. The first-order valence-electron chi connectivity index (χ1n) is 11.6. The van der Waals surface area contributed by atoms with Gasteiger partial charge in [0.2, 0.25) is 5.91 Å². The van der Waals surface area contributed by atoms with Gasteiger partial charge in [0.05, 0.1) is 18.1 Å². The molecule has 1 saturated carbocycles. The van der Waals surface area contributed by atoms with Gasteiger partial charge < -0.3 is 31.1 Å². The summed E-state index contributed by atoms with van der Waals surface area (Å²) in [6, 6.07) is 0.392.